The van der Waals surface area contributed by atoms with Gasteiger partial charge in [0.15, 0.2) is 11.5 Å². The summed E-state index contributed by atoms with van der Waals surface area (Å²) < 4.78 is 5.62. The number of hydrogen-bond donors (Lipinski definition) is 0. The second kappa shape index (κ2) is 4.18. The Bertz CT molecular complexity index is 613. The van der Waals surface area contributed by atoms with Gasteiger partial charge in [0.2, 0.25) is 0 Å². The lowest BCUT2D eigenvalue weighted by Crippen LogP contribution is -1.87. The normalized spacial score (nSPS) is 10.9. The molecule has 0 aliphatic carbocycles. The zero-order chi connectivity index (χ0) is 11.7. The fraction of sp³-hybridized carbons (Fsp3) is 0.0769. The molecule has 0 N–H and O–H groups in total. The molecule has 4 heteroatoms. The lowest BCUT2D eigenvalue weighted by atomic mass is 10.1. The average Bonchev–Trinajstić information content (AvgIpc) is 2.74. The Morgan fingerprint density at radius 2 is 1.94 bits per heavy atom. The van der Waals surface area contributed by atoms with Crippen LogP contribution in [0.25, 0.3) is 11.1 Å². The standard InChI is InChI=1S/C13H9ClN2O/c14-10-3-1-9(2-4-10)7-13-16-11-8-15-6-5-12(11)17-13/h1-6,8H,7H2. The third-order valence-corrected chi connectivity index (χ3v) is 2.75. The second-order valence-corrected chi connectivity index (χ2v) is 4.19. The summed E-state index contributed by atoms with van der Waals surface area (Å²) in [6, 6.07) is 9.47. The van der Waals surface area contributed by atoms with Gasteiger partial charge in [-0.05, 0) is 17.7 Å². The minimum absolute atomic E-state index is 0.659. The maximum absolute atomic E-state index is 5.83. The van der Waals surface area contributed by atoms with Crippen molar-refractivity contribution in [1.82, 2.24) is 9.97 Å². The molecule has 0 radical (unpaired) electrons. The number of aromatic nitrogens is 2. The first-order chi connectivity index (χ1) is 8.31. The number of pyridine rings is 1. The van der Waals surface area contributed by atoms with Crippen LogP contribution in [0.2, 0.25) is 5.02 Å². The topological polar surface area (TPSA) is 38.9 Å². The van der Waals surface area contributed by atoms with Crippen LogP contribution in [0, 0.1) is 0 Å². The van der Waals surface area contributed by atoms with E-state index in [2.05, 4.69) is 9.97 Å². The molecule has 0 aliphatic rings. The smallest absolute Gasteiger partial charge is 0.199 e. The number of oxazole rings is 1. The molecule has 0 bridgehead atoms. The highest BCUT2D eigenvalue weighted by Crippen LogP contribution is 2.17. The average molecular weight is 245 g/mol. The van der Waals surface area contributed by atoms with Gasteiger partial charge in [-0.3, -0.25) is 4.98 Å². The molecule has 0 unspecified atom stereocenters. The van der Waals surface area contributed by atoms with Gasteiger partial charge >= 0.3 is 0 Å². The Kier molecular flexibility index (Phi) is 2.53. The maximum atomic E-state index is 5.83. The molecule has 0 saturated carbocycles. The minimum atomic E-state index is 0.659. The molecule has 0 aliphatic heterocycles. The van der Waals surface area contributed by atoms with Gasteiger partial charge in [0.25, 0.3) is 0 Å². The van der Waals surface area contributed by atoms with E-state index in [1.807, 2.05) is 30.3 Å². The van der Waals surface area contributed by atoms with E-state index >= 15 is 0 Å². The van der Waals surface area contributed by atoms with Gasteiger partial charge in [-0.2, -0.15) is 0 Å². The highest BCUT2D eigenvalue weighted by atomic mass is 35.5. The number of rotatable bonds is 2. The summed E-state index contributed by atoms with van der Waals surface area (Å²) in [6.45, 7) is 0. The molecule has 2 aromatic heterocycles. The summed E-state index contributed by atoms with van der Waals surface area (Å²) in [7, 11) is 0. The van der Waals surface area contributed by atoms with E-state index in [4.69, 9.17) is 16.0 Å². The first-order valence-corrected chi connectivity index (χ1v) is 5.63. The van der Waals surface area contributed by atoms with Crippen LogP contribution >= 0.6 is 11.6 Å². The molecule has 2 heterocycles. The highest BCUT2D eigenvalue weighted by molar-refractivity contribution is 6.30. The molecule has 0 spiro atoms. The Labute approximate surface area is 103 Å². The lowest BCUT2D eigenvalue weighted by Gasteiger charge is -1.96. The van der Waals surface area contributed by atoms with E-state index in [1.165, 1.54) is 0 Å². The number of benzene rings is 1. The summed E-state index contributed by atoms with van der Waals surface area (Å²) >= 11 is 5.83. The van der Waals surface area contributed by atoms with E-state index in [0.29, 0.717) is 12.3 Å². The predicted octanol–water partition coefficient (Wildman–Crippen LogP) is 3.47. The van der Waals surface area contributed by atoms with Crippen molar-refractivity contribution in [2.24, 2.45) is 0 Å². The SMILES string of the molecule is Clc1ccc(Cc2nc3cnccc3o2)cc1. The fourth-order valence-corrected chi connectivity index (χ4v) is 1.81. The molecule has 0 atom stereocenters. The number of nitrogens with zero attached hydrogens (tertiary/aromatic N) is 2. The van der Waals surface area contributed by atoms with Crippen LogP contribution in [0.3, 0.4) is 0 Å². The molecule has 0 saturated heterocycles. The van der Waals surface area contributed by atoms with Crippen molar-refractivity contribution in [2.75, 3.05) is 0 Å². The van der Waals surface area contributed by atoms with Gasteiger partial charge in [0.1, 0.15) is 5.52 Å². The monoisotopic (exact) mass is 244 g/mol. The van der Waals surface area contributed by atoms with Crippen molar-refractivity contribution >= 4 is 22.7 Å². The summed E-state index contributed by atoms with van der Waals surface area (Å²) in [5.41, 5.74) is 2.68. The summed E-state index contributed by atoms with van der Waals surface area (Å²) in [5, 5.41) is 0.732. The predicted molar refractivity (Wildman–Crippen MR) is 66.1 cm³/mol. The van der Waals surface area contributed by atoms with E-state index in [-0.39, 0.29) is 0 Å². The summed E-state index contributed by atoms with van der Waals surface area (Å²) in [4.78, 5) is 8.37. The van der Waals surface area contributed by atoms with Crippen molar-refractivity contribution in [2.45, 2.75) is 6.42 Å². The quantitative estimate of drug-likeness (QED) is 0.693. The molecule has 3 rings (SSSR count). The van der Waals surface area contributed by atoms with E-state index < -0.39 is 0 Å². The zero-order valence-corrected chi connectivity index (χ0v) is 9.69. The van der Waals surface area contributed by atoms with E-state index in [9.17, 15) is 0 Å². The Hall–Kier alpha value is -1.87. The largest absolute Gasteiger partial charge is 0.440 e. The van der Waals surface area contributed by atoms with E-state index in [1.54, 1.807) is 12.4 Å². The molecular weight excluding hydrogens is 236 g/mol. The van der Waals surface area contributed by atoms with Gasteiger partial charge in [-0.1, -0.05) is 23.7 Å². The summed E-state index contributed by atoms with van der Waals surface area (Å²) in [6.07, 6.45) is 4.05. The molecule has 0 fully saturated rings. The van der Waals surface area contributed by atoms with Crippen LogP contribution in [0.5, 0.6) is 0 Å². The molecule has 3 nitrogen and oxygen atoms in total. The molecule has 84 valence electrons. The van der Waals surface area contributed by atoms with Crippen LogP contribution in [0.15, 0.2) is 47.1 Å². The van der Waals surface area contributed by atoms with Crippen molar-refractivity contribution in [3.8, 4) is 0 Å². The molecule has 3 aromatic rings. The van der Waals surface area contributed by atoms with Crippen LogP contribution < -0.4 is 0 Å². The minimum Gasteiger partial charge on any atom is -0.440 e. The summed E-state index contributed by atoms with van der Waals surface area (Å²) in [5.74, 6) is 0.690. The first kappa shape index (κ1) is 10.3. The molecule has 0 amide bonds. The third-order valence-electron chi connectivity index (χ3n) is 2.50. The number of halogens is 1. The second-order valence-electron chi connectivity index (χ2n) is 3.75. The first-order valence-electron chi connectivity index (χ1n) is 5.25. The fourth-order valence-electron chi connectivity index (χ4n) is 1.68. The lowest BCUT2D eigenvalue weighted by molar-refractivity contribution is 0.544. The van der Waals surface area contributed by atoms with Gasteiger partial charge in [0.05, 0.1) is 6.20 Å². The number of fused-ring (bicyclic) bond motifs is 1. The van der Waals surface area contributed by atoms with Gasteiger partial charge in [-0.15, -0.1) is 0 Å². The van der Waals surface area contributed by atoms with Crippen LogP contribution in [-0.4, -0.2) is 9.97 Å². The van der Waals surface area contributed by atoms with Crippen molar-refractivity contribution in [3.05, 3.63) is 59.2 Å². The van der Waals surface area contributed by atoms with Gasteiger partial charge < -0.3 is 4.42 Å². The van der Waals surface area contributed by atoms with Crippen LogP contribution in [0.1, 0.15) is 11.5 Å². The molecule has 1 aromatic carbocycles. The van der Waals surface area contributed by atoms with Gasteiger partial charge in [0, 0.05) is 23.7 Å². The Morgan fingerprint density at radius 1 is 1.12 bits per heavy atom. The van der Waals surface area contributed by atoms with Crippen molar-refractivity contribution < 1.29 is 4.42 Å². The Balaban J connectivity index is 1.92. The van der Waals surface area contributed by atoms with Gasteiger partial charge in [-0.25, -0.2) is 4.98 Å². The highest BCUT2D eigenvalue weighted by Gasteiger charge is 2.06. The Morgan fingerprint density at radius 3 is 2.71 bits per heavy atom. The van der Waals surface area contributed by atoms with E-state index in [0.717, 1.165) is 21.7 Å². The molecular formula is C13H9ClN2O. The third kappa shape index (κ3) is 2.15. The maximum Gasteiger partial charge on any atom is 0.199 e. The van der Waals surface area contributed by atoms with Crippen molar-refractivity contribution in [1.29, 1.82) is 0 Å². The zero-order valence-electron chi connectivity index (χ0n) is 8.93. The van der Waals surface area contributed by atoms with Crippen LogP contribution in [0.4, 0.5) is 0 Å². The van der Waals surface area contributed by atoms with Crippen molar-refractivity contribution in [3.63, 3.8) is 0 Å². The number of hydrogen-bond acceptors (Lipinski definition) is 3. The molecule has 17 heavy (non-hydrogen) atoms. The van der Waals surface area contributed by atoms with Crippen LogP contribution in [-0.2, 0) is 6.42 Å².